The second-order valence-electron chi connectivity index (χ2n) is 8.12. The van der Waals surface area contributed by atoms with Crippen molar-refractivity contribution < 1.29 is 18.7 Å². The number of carbonyl (C=O) groups is 2. The van der Waals surface area contributed by atoms with Gasteiger partial charge in [-0.3, -0.25) is 9.59 Å². The number of benzene rings is 1. The molecule has 0 unspecified atom stereocenters. The number of amides is 2. The molecule has 1 saturated heterocycles. The van der Waals surface area contributed by atoms with Gasteiger partial charge in [-0.25, -0.2) is 0 Å². The second-order valence-corrected chi connectivity index (χ2v) is 8.12. The van der Waals surface area contributed by atoms with Crippen LogP contribution < -0.4 is 0 Å². The van der Waals surface area contributed by atoms with Crippen LogP contribution >= 0.6 is 0 Å². The summed E-state index contributed by atoms with van der Waals surface area (Å²) in [6, 6.07) is 13.5. The summed E-state index contributed by atoms with van der Waals surface area (Å²) in [5, 5.41) is 0. The number of nitrogens with zero attached hydrogens (tertiary/aromatic N) is 2. The summed E-state index contributed by atoms with van der Waals surface area (Å²) < 4.78 is 11.2. The van der Waals surface area contributed by atoms with Crippen molar-refractivity contribution in [2.45, 2.75) is 58.1 Å². The van der Waals surface area contributed by atoms with Crippen molar-refractivity contribution in [1.82, 2.24) is 9.80 Å². The van der Waals surface area contributed by atoms with Gasteiger partial charge in [-0.15, -0.1) is 0 Å². The maximum atomic E-state index is 13.4. The van der Waals surface area contributed by atoms with E-state index in [-0.39, 0.29) is 30.4 Å². The Morgan fingerprint density at radius 2 is 1.90 bits per heavy atom. The van der Waals surface area contributed by atoms with Crippen LogP contribution in [0, 0.1) is 0 Å². The quantitative estimate of drug-likeness (QED) is 0.540. The molecule has 1 aromatic heterocycles. The number of hydrogen-bond acceptors (Lipinski definition) is 4. The molecule has 0 saturated carbocycles. The summed E-state index contributed by atoms with van der Waals surface area (Å²) in [4.78, 5) is 30.2. The average molecular weight is 427 g/mol. The van der Waals surface area contributed by atoms with Gasteiger partial charge < -0.3 is 19.0 Å². The van der Waals surface area contributed by atoms with Gasteiger partial charge in [0.25, 0.3) is 0 Å². The molecule has 1 aliphatic rings. The van der Waals surface area contributed by atoms with Crippen molar-refractivity contribution in [1.29, 1.82) is 0 Å². The van der Waals surface area contributed by atoms with Crippen LogP contribution in [-0.2, 0) is 20.9 Å². The molecule has 2 heterocycles. The maximum absolute atomic E-state index is 13.4. The molecule has 0 spiro atoms. The number of furan rings is 1. The van der Waals surface area contributed by atoms with Gasteiger partial charge in [-0.05, 0) is 43.4 Å². The molecule has 1 fully saturated rings. The highest BCUT2D eigenvalue weighted by Gasteiger charge is 2.29. The van der Waals surface area contributed by atoms with E-state index in [2.05, 4.69) is 0 Å². The van der Waals surface area contributed by atoms with Crippen LogP contribution in [0.15, 0.2) is 53.1 Å². The van der Waals surface area contributed by atoms with Crippen LogP contribution in [0.3, 0.4) is 0 Å². The fourth-order valence-electron chi connectivity index (χ4n) is 4.14. The van der Waals surface area contributed by atoms with E-state index < -0.39 is 0 Å². The monoisotopic (exact) mass is 426 g/mol. The fraction of sp³-hybridized carbons (Fsp3) is 0.520. The molecule has 2 amide bonds. The highest BCUT2D eigenvalue weighted by Crippen LogP contribution is 2.23. The first-order valence-corrected chi connectivity index (χ1v) is 11.4. The van der Waals surface area contributed by atoms with E-state index in [0.29, 0.717) is 26.1 Å². The molecule has 168 valence electrons. The predicted octanol–water partition coefficient (Wildman–Crippen LogP) is 4.22. The molecule has 6 heteroatoms. The van der Waals surface area contributed by atoms with Crippen molar-refractivity contribution in [3.8, 4) is 0 Å². The minimum atomic E-state index is -0.239. The Balaban J connectivity index is 1.73. The van der Waals surface area contributed by atoms with E-state index >= 15 is 0 Å². The first-order chi connectivity index (χ1) is 15.1. The fourth-order valence-corrected chi connectivity index (χ4v) is 4.14. The smallest absolute Gasteiger partial charge is 0.242 e. The number of rotatable bonds is 11. The zero-order chi connectivity index (χ0) is 22.1. The lowest BCUT2D eigenvalue weighted by atomic mass is 9.95. The van der Waals surface area contributed by atoms with Crippen molar-refractivity contribution in [3.63, 3.8) is 0 Å². The third-order valence-corrected chi connectivity index (χ3v) is 5.77. The summed E-state index contributed by atoms with van der Waals surface area (Å²) in [6.07, 6.45) is 5.12. The topological polar surface area (TPSA) is 63.0 Å². The normalized spacial score (nSPS) is 16.8. The Hall–Kier alpha value is -2.60. The van der Waals surface area contributed by atoms with Gasteiger partial charge in [0, 0.05) is 19.7 Å². The molecule has 6 nitrogen and oxygen atoms in total. The minimum absolute atomic E-state index is 0.0129. The van der Waals surface area contributed by atoms with E-state index in [1.807, 2.05) is 56.3 Å². The van der Waals surface area contributed by atoms with Crippen molar-refractivity contribution >= 4 is 11.8 Å². The summed E-state index contributed by atoms with van der Waals surface area (Å²) in [7, 11) is 0. The zero-order valence-corrected chi connectivity index (χ0v) is 18.7. The van der Waals surface area contributed by atoms with Gasteiger partial charge >= 0.3 is 0 Å². The Morgan fingerprint density at radius 1 is 1.10 bits per heavy atom. The minimum Gasteiger partial charge on any atom is -0.467 e. The van der Waals surface area contributed by atoms with Gasteiger partial charge in [-0.1, -0.05) is 44.2 Å². The lowest BCUT2D eigenvalue weighted by molar-refractivity contribution is -0.142. The highest BCUT2D eigenvalue weighted by molar-refractivity contribution is 5.88. The van der Waals surface area contributed by atoms with Crippen LogP contribution in [0.4, 0.5) is 0 Å². The molecule has 0 aliphatic carbocycles. The van der Waals surface area contributed by atoms with Gasteiger partial charge in [0.1, 0.15) is 5.76 Å². The zero-order valence-electron chi connectivity index (χ0n) is 18.7. The molecule has 31 heavy (non-hydrogen) atoms. The summed E-state index contributed by atoms with van der Waals surface area (Å²) in [5.41, 5.74) is 0.996. The van der Waals surface area contributed by atoms with Gasteiger partial charge in [-0.2, -0.15) is 0 Å². The molecule has 0 bridgehead atoms. The van der Waals surface area contributed by atoms with Crippen molar-refractivity contribution in [2.24, 2.45) is 0 Å². The lowest BCUT2D eigenvalue weighted by Gasteiger charge is -2.30. The van der Waals surface area contributed by atoms with Crippen LogP contribution in [-0.4, -0.2) is 54.0 Å². The molecule has 1 aliphatic heterocycles. The number of ether oxygens (including phenoxy) is 1. The first-order valence-electron chi connectivity index (χ1n) is 11.4. The molecule has 2 aromatic rings. The molecule has 0 radical (unpaired) electrons. The Morgan fingerprint density at radius 3 is 2.52 bits per heavy atom. The Labute approximate surface area is 185 Å². The van der Waals surface area contributed by atoms with Gasteiger partial charge in [0.15, 0.2) is 0 Å². The third kappa shape index (κ3) is 6.44. The number of carbonyl (C=O) groups excluding carboxylic acids is 2. The van der Waals surface area contributed by atoms with Crippen LogP contribution in [0.2, 0.25) is 0 Å². The molecule has 3 rings (SSSR count). The summed E-state index contributed by atoms with van der Waals surface area (Å²) in [5.74, 6) is 0.434. The van der Waals surface area contributed by atoms with E-state index in [4.69, 9.17) is 9.15 Å². The van der Waals surface area contributed by atoms with Crippen molar-refractivity contribution in [2.75, 3.05) is 26.2 Å². The van der Waals surface area contributed by atoms with E-state index in [1.165, 1.54) is 0 Å². The second kappa shape index (κ2) is 11.7. The molecular weight excluding hydrogens is 392 g/mol. The van der Waals surface area contributed by atoms with E-state index in [9.17, 15) is 9.59 Å². The average Bonchev–Trinajstić information content (AvgIpc) is 3.48. The summed E-state index contributed by atoms with van der Waals surface area (Å²) >= 11 is 0. The molecular formula is C25H34N2O4. The Bertz CT molecular complexity index is 800. The van der Waals surface area contributed by atoms with E-state index in [1.54, 1.807) is 16.1 Å². The van der Waals surface area contributed by atoms with Gasteiger partial charge in [0.2, 0.25) is 11.8 Å². The predicted molar refractivity (Wildman–Crippen MR) is 119 cm³/mol. The molecule has 0 N–H and O–H groups in total. The third-order valence-electron chi connectivity index (χ3n) is 5.77. The molecule has 1 aromatic carbocycles. The first kappa shape index (κ1) is 23.1. The summed E-state index contributed by atoms with van der Waals surface area (Å²) in [6.45, 7) is 6.32. The number of hydrogen-bond donors (Lipinski definition) is 0. The van der Waals surface area contributed by atoms with Crippen molar-refractivity contribution in [3.05, 3.63) is 60.1 Å². The highest BCUT2D eigenvalue weighted by atomic mass is 16.5. The largest absolute Gasteiger partial charge is 0.467 e. The van der Waals surface area contributed by atoms with E-state index in [0.717, 1.165) is 37.2 Å². The maximum Gasteiger partial charge on any atom is 0.242 e. The van der Waals surface area contributed by atoms with Gasteiger partial charge in [0.05, 0.1) is 31.4 Å². The standard InChI is InChI=1S/C25H34N2O4/c1-3-14-26(25(29)23(4-2)20-10-6-5-7-11-20)19-24(28)27(17-21-12-8-15-30-21)18-22-13-9-16-31-22/h5-8,10-12,15,22-23H,3-4,9,13-14,16-19H2,1-2H3/t22-,23-/m0/s1. The SMILES string of the molecule is CCCN(CC(=O)N(Cc1ccco1)C[C@@H]1CCCO1)C(=O)[C@@H](CC)c1ccccc1. The van der Waals surface area contributed by atoms with Crippen LogP contribution in [0.1, 0.15) is 56.8 Å². The van der Waals surface area contributed by atoms with Crippen LogP contribution in [0.25, 0.3) is 0 Å². The lowest BCUT2D eigenvalue weighted by Crippen LogP contribution is -2.46. The van der Waals surface area contributed by atoms with Crippen LogP contribution in [0.5, 0.6) is 0 Å². The Kier molecular flexibility index (Phi) is 8.71. The molecule has 2 atom stereocenters.